The molecule has 4 heteroatoms. The average molecular weight is 269 g/mol. The van der Waals surface area contributed by atoms with Gasteiger partial charge in [-0.05, 0) is 31.5 Å². The molecule has 1 aromatic carbocycles. The van der Waals surface area contributed by atoms with Crippen molar-refractivity contribution in [2.45, 2.75) is 32.5 Å². The van der Waals surface area contributed by atoms with E-state index in [1.807, 2.05) is 26.0 Å². The summed E-state index contributed by atoms with van der Waals surface area (Å²) in [5.74, 6) is -0.240. The van der Waals surface area contributed by atoms with E-state index in [9.17, 15) is 4.79 Å². The fourth-order valence-corrected chi connectivity index (χ4v) is 2.51. The lowest BCUT2D eigenvalue weighted by atomic mass is 9.74. The SMILES string of the molecule is CCOC(=O)[C@@]1(c2ccc(Cl)cc2)O[C@H](C)C1C. The number of carbonyl (C=O) groups is 1. The highest BCUT2D eigenvalue weighted by atomic mass is 35.5. The van der Waals surface area contributed by atoms with Crippen LogP contribution in [0.4, 0.5) is 0 Å². The third-order valence-corrected chi connectivity index (χ3v) is 3.82. The molecule has 0 aromatic heterocycles. The van der Waals surface area contributed by atoms with Gasteiger partial charge in [-0.2, -0.15) is 0 Å². The lowest BCUT2D eigenvalue weighted by molar-refractivity contribution is -0.261. The molecule has 98 valence electrons. The largest absolute Gasteiger partial charge is 0.464 e. The normalized spacial score (nSPS) is 30.7. The van der Waals surface area contributed by atoms with Gasteiger partial charge in [-0.25, -0.2) is 4.79 Å². The van der Waals surface area contributed by atoms with E-state index >= 15 is 0 Å². The van der Waals surface area contributed by atoms with Gasteiger partial charge < -0.3 is 9.47 Å². The zero-order chi connectivity index (χ0) is 13.3. The van der Waals surface area contributed by atoms with Gasteiger partial charge in [-0.3, -0.25) is 0 Å². The molecule has 1 aromatic rings. The van der Waals surface area contributed by atoms with E-state index in [-0.39, 0.29) is 18.0 Å². The van der Waals surface area contributed by atoms with Crippen LogP contribution in [0.1, 0.15) is 26.3 Å². The quantitative estimate of drug-likeness (QED) is 0.790. The van der Waals surface area contributed by atoms with Crippen molar-refractivity contribution in [2.75, 3.05) is 6.61 Å². The first-order chi connectivity index (χ1) is 8.52. The summed E-state index contributed by atoms with van der Waals surface area (Å²) in [6.07, 6.45) is 0.0464. The second kappa shape index (κ2) is 4.90. The van der Waals surface area contributed by atoms with Gasteiger partial charge in [0.05, 0.1) is 12.7 Å². The van der Waals surface area contributed by atoms with Crippen LogP contribution in [0.3, 0.4) is 0 Å². The van der Waals surface area contributed by atoms with E-state index in [0.717, 1.165) is 5.56 Å². The van der Waals surface area contributed by atoms with Gasteiger partial charge in [0.25, 0.3) is 0 Å². The second-order valence-corrected chi connectivity index (χ2v) is 5.01. The molecule has 0 bridgehead atoms. The van der Waals surface area contributed by atoms with E-state index in [1.165, 1.54) is 0 Å². The van der Waals surface area contributed by atoms with Crippen molar-refractivity contribution in [1.82, 2.24) is 0 Å². The smallest absolute Gasteiger partial charge is 0.343 e. The molecule has 0 amide bonds. The first-order valence-corrected chi connectivity index (χ1v) is 6.51. The number of hydrogen-bond donors (Lipinski definition) is 0. The number of rotatable bonds is 3. The summed E-state index contributed by atoms with van der Waals surface area (Å²) in [5.41, 5.74) is -0.170. The van der Waals surface area contributed by atoms with Gasteiger partial charge in [-0.15, -0.1) is 0 Å². The Bertz CT molecular complexity index is 443. The molecule has 1 aliphatic rings. The summed E-state index contributed by atoms with van der Waals surface area (Å²) < 4.78 is 10.9. The monoisotopic (exact) mass is 268 g/mol. The standard InChI is InChI=1S/C14H17ClO3/c1-4-17-13(16)14(9(2)10(3)18-14)11-5-7-12(15)8-6-11/h5-10H,4H2,1-3H3/t9?,10-,14-/m1/s1. The third kappa shape index (κ3) is 1.91. The highest BCUT2D eigenvalue weighted by molar-refractivity contribution is 6.30. The van der Waals surface area contributed by atoms with Gasteiger partial charge in [0.2, 0.25) is 0 Å². The average Bonchev–Trinajstić information content (AvgIpc) is 2.36. The summed E-state index contributed by atoms with van der Waals surface area (Å²) in [6, 6.07) is 7.16. The van der Waals surface area contributed by atoms with Gasteiger partial charge in [0.1, 0.15) is 0 Å². The van der Waals surface area contributed by atoms with Crippen LogP contribution in [0.15, 0.2) is 24.3 Å². The third-order valence-electron chi connectivity index (χ3n) is 3.57. The lowest BCUT2D eigenvalue weighted by Gasteiger charge is -2.50. The predicted molar refractivity (Wildman–Crippen MR) is 69.5 cm³/mol. The Morgan fingerprint density at radius 1 is 1.39 bits per heavy atom. The first kappa shape index (κ1) is 13.4. The number of halogens is 1. The maximum Gasteiger partial charge on any atom is 0.343 e. The minimum Gasteiger partial charge on any atom is -0.464 e. The van der Waals surface area contributed by atoms with E-state index in [4.69, 9.17) is 21.1 Å². The molecule has 3 nitrogen and oxygen atoms in total. The van der Waals surface area contributed by atoms with Crippen LogP contribution in [-0.2, 0) is 19.9 Å². The Hall–Kier alpha value is -1.06. The summed E-state index contributed by atoms with van der Waals surface area (Å²) in [4.78, 5) is 12.2. The Morgan fingerprint density at radius 2 is 2.00 bits per heavy atom. The highest BCUT2D eigenvalue weighted by Gasteiger charge is 2.58. The fraction of sp³-hybridized carbons (Fsp3) is 0.500. The van der Waals surface area contributed by atoms with E-state index < -0.39 is 5.60 Å². The molecular weight excluding hydrogens is 252 g/mol. The molecule has 0 N–H and O–H groups in total. The van der Waals surface area contributed by atoms with Crippen LogP contribution in [0.25, 0.3) is 0 Å². The zero-order valence-electron chi connectivity index (χ0n) is 10.8. The summed E-state index contributed by atoms with van der Waals surface area (Å²) >= 11 is 5.87. The Morgan fingerprint density at radius 3 is 2.44 bits per heavy atom. The molecule has 2 rings (SSSR count). The molecule has 0 saturated carbocycles. The molecule has 0 spiro atoms. The van der Waals surface area contributed by atoms with Crippen molar-refractivity contribution in [3.8, 4) is 0 Å². The molecule has 0 radical (unpaired) electrons. The van der Waals surface area contributed by atoms with Crippen molar-refractivity contribution >= 4 is 17.6 Å². The molecule has 0 aliphatic carbocycles. The number of carbonyl (C=O) groups excluding carboxylic acids is 1. The number of hydrogen-bond acceptors (Lipinski definition) is 3. The van der Waals surface area contributed by atoms with Crippen molar-refractivity contribution < 1.29 is 14.3 Å². The number of benzene rings is 1. The predicted octanol–water partition coefficient (Wildman–Crippen LogP) is 3.15. The minimum absolute atomic E-state index is 0.0464. The lowest BCUT2D eigenvalue weighted by Crippen LogP contribution is -2.60. The molecule has 1 saturated heterocycles. The molecule has 1 unspecified atom stereocenters. The van der Waals surface area contributed by atoms with Gasteiger partial charge in [0, 0.05) is 10.9 Å². The Labute approximate surface area is 112 Å². The van der Waals surface area contributed by atoms with Crippen LogP contribution < -0.4 is 0 Å². The number of ether oxygens (including phenoxy) is 2. The zero-order valence-corrected chi connectivity index (χ0v) is 11.5. The van der Waals surface area contributed by atoms with Crippen LogP contribution in [0, 0.1) is 5.92 Å². The van der Waals surface area contributed by atoms with Crippen LogP contribution in [0.5, 0.6) is 0 Å². The van der Waals surface area contributed by atoms with Crippen molar-refractivity contribution in [3.63, 3.8) is 0 Å². The highest BCUT2D eigenvalue weighted by Crippen LogP contribution is 2.47. The van der Waals surface area contributed by atoms with Crippen molar-refractivity contribution in [1.29, 1.82) is 0 Å². The van der Waals surface area contributed by atoms with Crippen LogP contribution in [0.2, 0.25) is 5.02 Å². The van der Waals surface area contributed by atoms with Crippen molar-refractivity contribution in [3.05, 3.63) is 34.9 Å². The summed E-state index contributed by atoms with van der Waals surface area (Å²) in [7, 11) is 0. The van der Waals surface area contributed by atoms with Gasteiger partial charge >= 0.3 is 5.97 Å². The Balaban J connectivity index is 2.37. The van der Waals surface area contributed by atoms with E-state index in [1.54, 1.807) is 19.1 Å². The van der Waals surface area contributed by atoms with Crippen molar-refractivity contribution in [2.24, 2.45) is 5.92 Å². The molecule has 1 heterocycles. The number of esters is 1. The first-order valence-electron chi connectivity index (χ1n) is 6.13. The van der Waals surface area contributed by atoms with Gasteiger partial charge in [0.15, 0.2) is 5.60 Å². The Kier molecular flexibility index (Phi) is 3.64. The molecule has 1 aliphatic heterocycles. The topological polar surface area (TPSA) is 35.5 Å². The summed E-state index contributed by atoms with van der Waals surface area (Å²) in [6.45, 7) is 6.09. The maximum atomic E-state index is 12.2. The minimum atomic E-state index is -0.972. The molecular formula is C14H17ClO3. The fourth-order valence-electron chi connectivity index (χ4n) is 2.38. The van der Waals surface area contributed by atoms with Gasteiger partial charge in [-0.1, -0.05) is 30.7 Å². The van der Waals surface area contributed by atoms with Crippen LogP contribution >= 0.6 is 11.6 Å². The summed E-state index contributed by atoms with van der Waals surface area (Å²) in [5, 5.41) is 0.637. The van der Waals surface area contributed by atoms with E-state index in [0.29, 0.717) is 11.6 Å². The molecule has 18 heavy (non-hydrogen) atoms. The molecule has 3 atom stereocenters. The maximum absolute atomic E-state index is 12.2. The second-order valence-electron chi connectivity index (χ2n) is 4.57. The molecule has 1 fully saturated rings. The van der Waals surface area contributed by atoms with Crippen LogP contribution in [-0.4, -0.2) is 18.7 Å². The van der Waals surface area contributed by atoms with E-state index in [2.05, 4.69) is 0 Å².